The first-order chi connectivity index (χ1) is 22.3. The molecule has 2 heterocycles. The van der Waals surface area contributed by atoms with Crippen LogP contribution in [0.25, 0.3) is 0 Å². The summed E-state index contributed by atoms with van der Waals surface area (Å²) in [6.45, 7) is 0.978. The molecule has 9 heteroatoms. The van der Waals surface area contributed by atoms with Crippen molar-refractivity contribution in [3.05, 3.63) is 124 Å². The number of fused-ring (bicyclic) bond motifs is 1. The van der Waals surface area contributed by atoms with Gasteiger partial charge in [-0.05, 0) is 77.7 Å². The van der Waals surface area contributed by atoms with Gasteiger partial charge in [0.1, 0.15) is 5.37 Å². The summed E-state index contributed by atoms with van der Waals surface area (Å²) < 4.78 is 10.9. The van der Waals surface area contributed by atoms with Crippen molar-refractivity contribution in [2.24, 2.45) is 5.73 Å². The lowest BCUT2D eigenvalue weighted by Crippen LogP contribution is -2.39. The van der Waals surface area contributed by atoms with E-state index in [2.05, 4.69) is 11.8 Å². The molecule has 4 aromatic carbocycles. The van der Waals surface area contributed by atoms with Gasteiger partial charge in [0.2, 0.25) is 17.7 Å². The van der Waals surface area contributed by atoms with Crippen LogP contribution in [0.2, 0.25) is 0 Å². The number of methoxy groups -OCH3 is 2. The first-order valence-electron chi connectivity index (χ1n) is 14.9. The fourth-order valence-corrected chi connectivity index (χ4v) is 7.20. The van der Waals surface area contributed by atoms with Crippen LogP contribution >= 0.6 is 11.8 Å². The largest absolute Gasteiger partial charge is 0.493 e. The number of benzene rings is 4. The molecule has 0 aliphatic carbocycles. The third-order valence-corrected chi connectivity index (χ3v) is 9.64. The molecular formula is C37H33N3O5S. The van der Waals surface area contributed by atoms with E-state index < -0.39 is 16.5 Å². The molecule has 46 heavy (non-hydrogen) atoms. The maximum atomic E-state index is 14.0. The number of nitrogens with zero attached hydrogens (tertiary/aromatic N) is 2. The predicted molar refractivity (Wildman–Crippen MR) is 179 cm³/mol. The van der Waals surface area contributed by atoms with Crippen molar-refractivity contribution in [2.45, 2.75) is 30.0 Å². The van der Waals surface area contributed by atoms with Gasteiger partial charge < -0.3 is 20.1 Å². The normalized spacial score (nSPS) is 17.1. The Morgan fingerprint density at radius 1 is 0.870 bits per heavy atom. The molecule has 4 aromatic rings. The lowest BCUT2D eigenvalue weighted by molar-refractivity contribution is -0.133. The number of nitrogens with two attached hydrogens (primary N) is 1. The Labute approximate surface area is 272 Å². The summed E-state index contributed by atoms with van der Waals surface area (Å²) in [6.07, 6.45) is 0.733. The van der Waals surface area contributed by atoms with E-state index in [0.29, 0.717) is 42.3 Å². The minimum Gasteiger partial charge on any atom is -0.493 e. The highest BCUT2D eigenvalue weighted by Gasteiger charge is 2.43. The maximum absolute atomic E-state index is 14.0. The third-order valence-electron chi connectivity index (χ3n) is 8.20. The molecule has 0 unspecified atom stereocenters. The highest BCUT2D eigenvalue weighted by atomic mass is 32.2. The second-order valence-corrected chi connectivity index (χ2v) is 12.4. The van der Waals surface area contributed by atoms with Crippen LogP contribution in [-0.4, -0.2) is 48.6 Å². The predicted octanol–water partition coefficient (Wildman–Crippen LogP) is 5.32. The van der Waals surface area contributed by atoms with Gasteiger partial charge in [0.05, 0.1) is 19.5 Å². The standard InChI is InChI=1S/C37H33N3O5S/c1-44-31-20-27-17-18-39(23-29(27)21-32(31)45-2)34(41)22-33-36(43)40(30-10-6-9-28(19-30)35(38)42)37(46-33)26-15-13-25(14-16-26)12-11-24-7-4-3-5-8-24/h3-10,13-16,19-21,33,37H,17-18,22-23H2,1-2H3,(H2,38,42)/t33-,37+/m1/s1. The van der Waals surface area contributed by atoms with Gasteiger partial charge in [0.25, 0.3) is 0 Å². The molecule has 2 aliphatic rings. The Balaban J connectivity index is 1.24. The number of amides is 3. The van der Waals surface area contributed by atoms with Gasteiger partial charge in [-0.1, -0.05) is 48.2 Å². The zero-order chi connectivity index (χ0) is 32.2. The van der Waals surface area contributed by atoms with Crippen LogP contribution < -0.4 is 20.1 Å². The molecule has 0 bridgehead atoms. The fraction of sp³-hybridized carbons (Fsp3) is 0.216. The summed E-state index contributed by atoms with van der Waals surface area (Å²) in [5.41, 5.74) is 11.2. The first kappa shape index (κ1) is 30.8. The highest BCUT2D eigenvalue weighted by Crippen LogP contribution is 2.47. The summed E-state index contributed by atoms with van der Waals surface area (Å²) in [4.78, 5) is 43.1. The summed E-state index contributed by atoms with van der Waals surface area (Å²) >= 11 is 1.43. The molecule has 1 fully saturated rings. The Bertz CT molecular complexity index is 1850. The van der Waals surface area contributed by atoms with Crippen LogP contribution in [0, 0.1) is 11.8 Å². The molecule has 0 radical (unpaired) electrons. The monoisotopic (exact) mass is 631 g/mol. The van der Waals surface area contributed by atoms with Crippen LogP contribution in [-0.2, 0) is 22.6 Å². The molecule has 0 saturated carbocycles. The van der Waals surface area contributed by atoms with Crippen LogP contribution in [0.3, 0.4) is 0 Å². The number of rotatable bonds is 7. The lowest BCUT2D eigenvalue weighted by atomic mass is 9.98. The van der Waals surface area contributed by atoms with E-state index in [1.807, 2.05) is 66.7 Å². The zero-order valence-corrected chi connectivity index (χ0v) is 26.4. The Kier molecular flexibility index (Phi) is 8.99. The van der Waals surface area contributed by atoms with E-state index >= 15 is 0 Å². The van der Waals surface area contributed by atoms with Crippen molar-refractivity contribution in [3.63, 3.8) is 0 Å². The lowest BCUT2D eigenvalue weighted by Gasteiger charge is -2.30. The molecule has 0 spiro atoms. The van der Waals surface area contributed by atoms with Crippen LogP contribution in [0.1, 0.15) is 50.0 Å². The number of carbonyl (C=O) groups excluding carboxylic acids is 3. The van der Waals surface area contributed by atoms with E-state index in [-0.39, 0.29) is 18.2 Å². The SMILES string of the molecule is COc1cc2c(cc1OC)CN(C(=O)C[C@H]1S[C@@H](c3ccc(C#Cc4ccccc4)cc3)N(c3cccc(C(N)=O)c3)C1=O)CC2. The van der Waals surface area contributed by atoms with Gasteiger partial charge in [-0.3, -0.25) is 19.3 Å². The van der Waals surface area contributed by atoms with Gasteiger partial charge in [-0.2, -0.15) is 0 Å². The third kappa shape index (κ3) is 6.44. The number of carbonyl (C=O) groups is 3. The molecular weight excluding hydrogens is 598 g/mol. The second kappa shape index (κ2) is 13.4. The van der Waals surface area contributed by atoms with E-state index in [1.54, 1.807) is 48.3 Å². The van der Waals surface area contributed by atoms with Gasteiger partial charge in [-0.15, -0.1) is 11.8 Å². The van der Waals surface area contributed by atoms with Gasteiger partial charge in [0, 0.05) is 41.9 Å². The summed E-state index contributed by atoms with van der Waals surface area (Å²) in [7, 11) is 3.19. The molecule has 2 atom stereocenters. The van der Waals surface area contributed by atoms with Crippen LogP contribution in [0.15, 0.2) is 91.0 Å². The minimum atomic E-state index is -0.612. The average molecular weight is 632 g/mol. The summed E-state index contributed by atoms with van der Waals surface area (Å²) in [5.74, 6) is 6.77. The van der Waals surface area contributed by atoms with Crippen molar-refractivity contribution in [1.29, 1.82) is 0 Å². The first-order valence-corrected chi connectivity index (χ1v) is 15.9. The Morgan fingerprint density at radius 3 is 2.22 bits per heavy atom. The van der Waals surface area contributed by atoms with E-state index in [4.69, 9.17) is 15.2 Å². The highest BCUT2D eigenvalue weighted by molar-refractivity contribution is 8.01. The molecule has 2 N–H and O–H groups in total. The Morgan fingerprint density at radius 2 is 1.54 bits per heavy atom. The molecule has 0 aromatic heterocycles. The number of thioether (sulfide) groups is 1. The minimum absolute atomic E-state index is 0.0509. The number of hydrogen-bond donors (Lipinski definition) is 1. The second-order valence-electron chi connectivity index (χ2n) is 11.1. The molecule has 8 nitrogen and oxygen atoms in total. The molecule has 6 rings (SSSR count). The smallest absolute Gasteiger partial charge is 0.248 e. The topological polar surface area (TPSA) is 102 Å². The van der Waals surface area contributed by atoms with Gasteiger partial charge in [-0.25, -0.2) is 0 Å². The molecule has 3 amide bonds. The van der Waals surface area contributed by atoms with E-state index in [9.17, 15) is 14.4 Å². The van der Waals surface area contributed by atoms with Crippen molar-refractivity contribution in [2.75, 3.05) is 25.7 Å². The maximum Gasteiger partial charge on any atom is 0.248 e. The molecule has 232 valence electrons. The quantitative estimate of drug-likeness (QED) is 0.277. The number of ether oxygens (including phenoxy) is 2. The molecule has 1 saturated heterocycles. The van der Waals surface area contributed by atoms with E-state index in [1.165, 1.54) is 11.8 Å². The zero-order valence-electron chi connectivity index (χ0n) is 25.6. The number of anilines is 1. The number of primary amides is 1. The average Bonchev–Trinajstić information content (AvgIpc) is 3.42. The van der Waals surface area contributed by atoms with Crippen molar-refractivity contribution in [3.8, 4) is 23.3 Å². The van der Waals surface area contributed by atoms with E-state index in [0.717, 1.165) is 27.8 Å². The Hall–Kier alpha value is -5.20. The van der Waals surface area contributed by atoms with Gasteiger partial charge >= 0.3 is 0 Å². The van der Waals surface area contributed by atoms with Crippen LogP contribution in [0.4, 0.5) is 5.69 Å². The molecule has 2 aliphatic heterocycles. The van der Waals surface area contributed by atoms with Crippen molar-refractivity contribution < 1.29 is 23.9 Å². The number of hydrogen-bond acceptors (Lipinski definition) is 6. The fourth-order valence-electron chi connectivity index (χ4n) is 5.76. The van der Waals surface area contributed by atoms with Crippen LogP contribution in [0.5, 0.6) is 11.5 Å². The van der Waals surface area contributed by atoms with Crippen molar-refractivity contribution >= 4 is 35.2 Å². The van der Waals surface area contributed by atoms with Gasteiger partial charge in [0.15, 0.2) is 11.5 Å². The summed E-state index contributed by atoms with van der Waals surface area (Å²) in [5, 5.41) is -1.03. The van der Waals surface area contributed by atoms with Crippen molar-refractivity contribution in [1.82, 2.24) is 4.90 Å². The summed E-state index contributed by atoms with van der Waals surface area (Å²) in [6, 6.07) is 28.2.